The molecular weight excluding hydrogens is 867 g/mol. The fourth-order valence-electron chi connectivity index (χ4n) is 11.6. The van der Waals surface area contributed by atoms with Crippen LogP contribution < -0.4 is 35.4 Å². The molecule has 1 unspecified atom stereocenters. The number of amides is 6. The summed E-state index contributed by atoms with van der Waals surface area (Å²) in [4.78, 5) is 94.9. The zero-order valence-corrected chi connectivity index (χ0v) is 37.8. The minimum Gasteiger partial charge on any atom is -0.495 e. The van der Waals surface area contributed by atoms with E-state index < -0.39 is 48.0 Å². The normalized spacial score (nSPS) is 23.5. The number of halogens is 2. The number of piperidine rings is 3. The lowest BCUT2D eigenvalue weighted by molar-refractivity contribution is -0.140. The maximum absolute atomic E-state index is 15.1. The molecule has 3 N–H and O–H groups in total. The zero-order chi connectivity index (χ0) is 46.8. The summed E-state index contributed by atoms with van der Waals surface area (Å²) in [6.07, 6.45) is 10.8. The first-order valence-corrected chi connectivity index (χ1v) is 23.6. The number of carbonyl (C=O) groups excluding carboxylic acids is 6. The molecule has 6 heterocycles. The van der Waals surface area contributed by atoms with Gasteiger partial charge in [0.1, 0.15) is 17.5 Å². The van der Waals surface area contributed by atoms with E-state index in [1.165, 1.54) is 20.4 Å². The predicted molar refractivity (Wildman–Crippen MR) is 243 cm³/mol. The van der Waals surface area contributed by atoms with Crippen molar-refractivity contribution in [3.63, 3.8) is 0 Å². The third-order valence-corrected chi connectivity index (χ3v) is 15.4. The molecule has 5 fully saturated rings. The van der Waals surface area contributed by atoms with E-state index in [-0.39, 0.29) is 53.7 Å². The highest BCUT2D eigenvalue weighted by Gasteiger charge is 2.50. The Morgan fingerprint density at radius 2 is 1.67 bits per heavy atom. The Labute approximate surface area is 386 Å². The van der Waals surface area contributed by atoms with Crippen LogP contribution in [0, 0.1) is 11.3 Å². The highest BCUT2D eigenvalue weighted by Crippen LogP contribution is 2.49. The van der Waals surface area contributed by atoms with Gasteiger partial charge in [-0.3, -0.25) is 39.0 Å². The molecule has 19 heteroatoms. The SMILES string of the molecule is COc1cc(C(=O)NC2CC3(CCN(CC4CCN(c5cccc6c5C(=O)N(C5CCC(=O)NC5=O)C6=O)CC4)CC3)C2)ccc1Nc1ncc2c(n1)N(C1CCCC1)CC(F)(F)C(=O)N2C. The van der Waals surface area contributed by atoms with Crippen molar-refractivity contribution in [3.05, 3.63) is 59.3 Å². The number of alkyl halides is 2. The van der Waals surface area contributed by atoms with E-state index in [1.54, 1.807) is 35.2 Å². The van der Waals surface area contributed by atoms with Crippen molar-refractivity contribution in [2.24, 2.45) is 11.3 Å². The van der Waals surface area contributed by atoms with Crippen LogP contribution >= 0.6 is 0 Å². The number of hydrogen-bond acceptors (Lipinski definition) is 13. The van der Waals surface area contributed by atoms with Crippen LogP contribution in [0.4, 0.5) is 37.6 Å². The van der Waals surface area contributed by atoms with E-state index in [9.17, 15) is 28.8 Å². The number of likely N-dealkylation sites (tertiary alicyclic amines) is 1. The van der Waals surface area contributed by atoms with Gasteiger partial charge in [0.25, 0.3) is 23.6 Å². The number of benzene rings is 2. The summed E-state index contributed by atoms with van der Waals surface area (Å²) in [5.41, 5.74) is 2.71. The molecule has 2 aliphatic carbocycles. The average Bonchev–Trinajstić information content (AvgIpc) is 3.93. The summed E-state index contributed by atoms with van der Waals surface area (Å²) < 4.78 is 35.8. The Morgan fingerprint density at radius 1 is 0.925 bits per heavy atom. The Bertz CT molecular complexity index is 2510. The van der Waals surface area contributed by atoms with E-state index in [0.717, 1.165) is 112 Å². The van der Waals surface area contributed by atoms with Crippen LogP contribution in [-0.4, -0.2) is 133 Å². The standard InChI is InChI=1S/C48H56F2N10O7/c1-56-36-25-51-46(55-40(36)59(31-6-3-4-7-31)27-48(49,50)45(56)66)53-33-11-10-29(22-37(33)67-2)41(62)52-30-23-47(24-30)16-20-57(21-17-47)26-28-14-18-58(19-15-28)34-9-5-8-32-39(34)44(65)60(43(32)64)35-12-13-38(61)54-42(35)63/h5,8-11,22,25,28,30-31,35H,3-4,6-7,12-21,23-24,26-27H2,1-2H3,(H,52,62)(H,51,53,55)(H,54,61,63). The number of nitrogens with zero attached hydrogens (tertiary/aromatic N) is 7. The number of anilines is 5. The van der Waals surface area contributed by atoms with Crippen LogP contribution in [0.2, 0.25) is 0 Å². The zero-order valence-electron chi connectivity index (χ0n) is 37.8. The largest absolute Gasteiger partial charge is 0.495 e. The molecule has 10 rings (SSSR count). The third kappa shape index (κ3) is 8.32. The molecule has 2 aromatic carbocycles. The third-order valence-electron chi connectivity index (χ3n) is 15.4. The van der Waals surface area contributed by atoms with Crippen LogP contribution in [0.15, 0.2) is 42.6 Å². The maximum Gasteiger partial charge on any atom is 0.342 e. The molecule has 1 spiro atoms. The minimum absolute atomic E-state index is 0.0677. The first-order valence-electron chi connectivity index (χ1n) is 23.6. The number of aromatic nitrogens is 2. The molecule has 7 aliphatic rings. The number of hydrogen-bond donors (Lipinski definition) is 3. The lowest BCUT2D eigenvalue weighted by Gasteiger charge is -2.52. The van der Waals surface area contributed by atoms with Crippen molar-refractivity contribution in [1.29, 1.82) is 0 Å². The highest BCUT2D eigenvalue weighted by molar-refractivity contribution is 6.25. The predicted octanol–water partition coefficient (Wildman–Crippen LogP) is 4.88. The van der Waals surface area contributed by atoms with Gasteiger partial charge in [-0.15, -0.1) is 0 Å². The lowest BCUT2D eigenvalue weighted by atomic mass is 9.60. The lowest BCUT2D eigenvalue weighted by Crippen LogP contribution is -2.55. The molecule has 1 aromatic heterocycles. The second kappa shape index (κ2) is 17.4. The number of methoxy groups -OCH3 is 1. The van der Waals surface area contributed by atoms with Gasteiger partial charge < -0.3 is 35.0 Å². The summed E-state index contributed by atoms with van der Waals surface area (Å²) in [5.74, 6) is -5.77. The van der Waals surface area contributed by atoms with E-state index in [4.69, 9.17) is 4.74 Å². The Morgan fingerprint density at radius 3 is 2.39 bits per heavy atom. The molecule has 0 radical (unpaired) electrons. The topological polar surface area (TPSA) is 190 Å². The Hall–Kier alpha value is -6.24. The average molecular weight is 923 g/mol. The summed E-state index contributed by atoms with van der Waals surface area (Å²) in [7, 11) is 2.82. The van der Waals surface area contributed by atoms with E-state index in [0.29, 0.717) is 34.0 Å². The van der Waals surface area contributed by atoms with Crippen LogP contribution in [0.5, 0.6) is 5.75 Å². The monoisotopic (exact) mass is 922 g/mol. The van der Waals surface area contributed by atoms with Crippen molar-refractivity contribution >= 4 is 64.3 Å². The molecule has 67 heavy (non-hydrogen) atoms. The van der Waals surface area contributed by atoms with Crippen LogP contribution in [-0.2, 0) is 14.4 Å². The fraction of sp³-hybridized carbons (Fsp3) is 0.542. The van der Waals surface area contributed by atoms with Gasteiger partial charge in [0.15, 0.2) is 5.82 Å². The Kier molecular flexibility index (Phi) is 11.6. The van der Waals surface area contributed by atoms with Crippen LogP contribution in [0.3, 0.4) is 0 Å². The van der Waals surface area contributed by atoms with Crippen LogP contribution in [0.1, 0.15) is 108 Å². The van der Waals surface area contributed by atoms with E-state index in [1.807, 2.05) is 6.07 Å². The van der Waals surface area contributed by atoms with Crippen molar-refractivity contribution in [3.8, 4) is 5.75 Å². The number of imide groups is 2. The maximum atomic E-state index is 15.1. The number of ether oxygens (including phenoxy) is 1. The first-order chi connectivity index (χ1) is 32.2. The van der Waals surface area contributed by atoms with Crippen LogP contribution in [0.25, 0.3) is 0 Å². The highest BCUT2D eigenvalue weighted by atomic mass is 19.3. The second-order valence-corrected chi connectivity index (χ2v) is 19.5. The van der Waals surface area contributed by atoms with E-state index >= 15 is 8.78 Å². The minimum atomic E-state index is -3.58. The number of fused-ring (bicyclic) bond motifs is 2. The first kappa shape index (κ1) is 44.6. The van der Waals surface area contributed by atoms with Gasteiger partial charge in [-0.25, -0.2) is 4.98 Å². The summed E-state index contributed by atoms with van der Waals surface area (Å²) in [5, 5.41) is 8.62. The molecular formula is C48H56F2N10O7. The number of rotatable bonds is 10. The van der Waals surface area contributed by atoms with Gasteiger partial charge in [0, 0.05) is 50.7 Å². The van der Waals surface area contributed by atoms with Gasteiger partial charge in [-0.1, -0.05) is 18.9 Å². The molecule has 3 aromatic rings. The van der Waals surface area contributed by atoms with E-state index in [2.05, 4.69) is 35.7 Å². The van der Waals surface area contributed by atoms with Crippen molar-refractivity contribution in [1.82, 2.24) is 30.4 Å². The van der Waals surface area contributed by atoms with Gasteiger partial charge in [-0.05, 0) is 113 Å². The van der Waals surface area contributed by atoms with Gasteiger partial charge in [0.2, 0.25) is 17.8 Å². The van der Waals surface area contributed by atoms with Crippen molar-refractivity contribution < 1.29 is 42.3 Å². The second-order valence-electron chi connectivity index (χ2n) is 19.5. The van der Waals surface area contributed by atoms with Crippen molar-refractivity contribution in [2.45, 2.75) is 101 Å². The molecule has 6 amide bonds. The summed E-state index contributed by atoms with van der Waals surface area (Å²) in [6.45, 7) is 3.74. The molecule has 2 saturated carbocycles. The van der Waals surface area contributed by atoms with Gasteiger partial charge in [-0.2, -0.15) is 13.8 Å². The molecule has 17 nitrogen and oxygen atoms in total. The Balaban J connectivity index is 0.698. The van der Waals surface area contributed by atoms with Crippen molar-refractivity contribution in [2.75, 3.05) is 73.4 Å². The number of carbonyl (C=O) groups is 6. The fourth-order valence-corrected chi connectivity index (χ4v) is 11.6. The number of nitrogens with one attached hydrogen (secondary N) is 3. The molecule has 3 saturated heterocycles. The van der Waals surface area contributed by atoms with Gasteiger partial charge in [0.05, 0.1) is 42.4 Å². The van der Waals surface area contributed by atoms with Gasteiger partial charge >= 0.3 is 5.92 Å². The molecule has 5 aliphatic heterocycles. The quantitative estimate of drug-likeness (QED) is 0.234. The summed E-state index contributed by atoms with van der Waals surface area (Å²) >= 11 is 0. The smallest absolute Gasteiger partial charge is 0.342 e. The summed E-state index contributed by atoms with van der Waals surface area (Å²) in [6, 6.07) is 9.26. The molecule has 1 atom stereocenters. The molecule has 354 valence electrons. The molecule has 0 bridgehead atoms.